The molecule has 2 rings (SSSR count). The summed E-state index contributed by atoms with van der Waals surface area (Å²) in [6, 6.07) is 4.05. The molecule has 4 nitrogen and oxygen atoms in total. The highest BCUT2D eigenvalue weighted by atomic mass is 16.1. The maximum Gasteiger partial charge on any atom is 0.251 e. The molecule has 0 spiro atoms. The summed E-state index contributed by atoms with van der Waals surface area (Å²) < 4.78 is 0. The maximum absolute atomic E-state index is 12.3. The van der Waals surface area contributed by atoms with Crippen LogP contribution in [0.3, 0.4) is 0 Å². The zero-order valence-corrected chi connectivity index (χ0v) is 11.8. The van der Waals surface area contributed by atoms with Crippen LogP contribution in [0.1, 0.15) is 55.1 Å². The Kier molecular flexibility index (Phi) is 4.77. The number of aromatic nitrogens is 1. The van der Waals surface area contributed by atoms with E-state index in [4.69, 9.17) is 0 Å². The van der Waals surface area contributed by atoms with Crippen LogP contribution >= 0.6 is 0 Å². The molecular weight excluding hydrogens is 238 g/mol. The number of amides is 1. The second-order valence-corrected chi connectivity index (χ2v) is 5.14. The number of nitrogens with one attached hydrogen (secondary N) is 2. The first-order valence-electron chi connectivity index (χ1n) is 7.22. The molecule has 1 aromatic rings. The number of hydrogen-bond acceptors (Lipinski definition) is 3. The Bertz CT molecular complexity index is 417. The van der Waals surface area contributed by atoms with Gasteiger partial charge in [0.25, 0.3) is 5.91 Å². The Hall–Kier alpha value is -1.58. The van der Waals surface area contributed by atoms with Crippen LogP contribution in [0, 0.1) is 0 Å². The van der Waals surface area contributed by atoms with Crippen molar-refractivity contribution in [3.8, 4) is 0 Å². The lowest BCUT2D eigenvalue weighted by Gasteiger charge is -2.22. The van der Waals surface area contributed by atoms with E-state index >= 15 is 0 Å². The fourth-order valence-corrected chi connectivity index (χ4v) is 2.54. The monoisotopic (exact) mass is 261 g/mol. The molecule has 19 heavy (non-hydrogen) atoms. The van der Waals surface area contributed by atoms with Gasteiger partial charge < -0.3 is 10.6 Å². The van der Waals surface area contributed by atoms with Crippen LogP contribution in [0.5, 0.6) is 0 Å². The molecule has 1 amide bonds. The fraction of sp³-hybridized carbons (Fsp3) is 0.600. The Labute approximate surface area is 115 Å². The zero-order valence-electron chi connectivity index (χ0n) is 11.8. The van der Waals surface area contributed by atoms with Crippen LogP contribution in [0.2, 0.25) is 0 Å². The third kappa shape index (κ3) is 3.69. The molecule has 0 saturated heterocycles. The van der Waals surface area contributed by atoms with E-state index in [1.54, 1.807) is 0 Å². The molecule has 1 aliphatic rings. The first-order chi connectivity index (χ1) is 9.22. The quantitative estimate of drug-likeness (QED) is 0.876. The van der Waals surface area contributed by atoms with Crippen molar-refractivity contribution in [2.24, 2.45) is 0 Å². The Morgan fingerprint density at radius 2 is 2.05 bits per heavy atom. The van der Waals surface area contributed by atoms with Crippen LogP contribution in [-0.4, -0.2) is 24.0 Å². The van der Waals surface area contributed by atoms with Gasteiger partial charge in [0.05, 0.1) is 0 Å². The van der Waals surface area contributed by atoms with Gasteiger partial charge in [0.1, 0.15) is 5.82 Å². The smallest absolute Gasteiger partial charge is 0.251 e. The molecule has 0 aliphatic heterocycles. The van der Waals surface area contributed by atoms with E-state index in [9.17, 15) is 4.79 Å². The summed E-state index contributed by atoms with van der Waals surface area (Å²) in [5.74, 6) is 0.786. The van der Waals surface area contributed by atoms with Gasteiger partial charge in [0.2, 0.25) is 0 Å². The Morgan fingerprint density at radius 1 is 1.32 bits per heavy atom. The number of aryl methyl sites for hydroxylation is 1. The van der Waals surface area contributed by atoms with Crippen LogP contribution in [0.4, 0.5) is 5.82 Å². The van der Waals surface area contributed by atoms with Gasteiger partial charge in [-0.2, -0.15) is 0 Å². The summed E-state index contributed by atoms with van der Waals surface area (Å²) >= 11 is 0. The topological polar surface area (TPSA) is 54.0 Å². The molecule has 1 saturated carbocycles. The average Bonchev–Trinajstić information content (AvgIpc) is 2.47. The number of carbonyl (C=O) groups excluding carboxylic acids is 1. The van der Waals surface area contributed by atoms with Crippen molar-refractivity contribution in [2.75, 3.05) is 12.4 Å². The number of nitrogens with zero attached hydrogens (tertiary/aromatic N) is 1. The predicted molar refractivity (Wildman–Crippen MR) is 77.5 cm³/mol. The lowest BCUT2D eigenvalue weighted by atomic mass is 9.95. The molecule has 1 fully saturated rings. The van der Waals surface area contributed by atoms with E-state index in [2.05, 4.69) is 15.6 Å². The van der Waals surface area contributed by atoms with Crippen LogP contribution < -0.4 is 10.6 Å². The molecule has 0 radical (unpaired) electrons. The highest BCUT2D eigenvalue weighted by Crippen LogP contribution is 2.18. The van der Waals surface area contributed by atoms with Crippen molar-refractivity contribution in [1.29, 1.82) is 0 Å². The summed E-state index contributed by atoms with van der Waals surface area (Å²) in [6.45, 7) is 2.05. The van der Waals surface area contributed by atoms with E-state index < -0.39 is 0 Å². The largest absolute Gasteiger partial charge is 0.373 e. The third-order valence-corrected chi connectivity index (χ3v) is 3.70. The highest BCUT2D eigenvalue weighted by Gasteiger charge is 2.17. The Morgan fingerprint density at radius 3 is 2.68 bits per heavy atom. The Balaban J connectivity index is 2.08. The lowest BCUT2D eigenvalue weighted by Crippen LogP contribution is -2.36. The van der Waals surface area contributed by atoms with Gasteiger partial charge in [-0.3, -0.25) is 4.79 Å². The van der Waals surface area contributed by atoms with Gasteiger partial charge in [0.15, 0.2) is 0 Å². The number of carbonyl (C=O) groups is 1. The van der Waals surface area contributed by atoms with Crippen molar-refractivity contribution in [3.63, 3.8) is 0 Å². The van der Waals surface area contributed by atoms with Gasteiger partial charge >= 0.3 is 0 Å². The third-order valence-electron chi connectivity index (χ3n) is 3.70. The molecule has 1 aliphatic carbocycles. The minimum Gasteiger partial charge on any atom is -0.373 e. The second-order valence-electron chi connectivity index (χ2n) is 5.14. The number of pyridine rings is 1. The summed E-state index contributed by atoms with van der Waals surface area (Å²) in [4.78, 5) is 16.7. The summed E-state index contributed by atoms with van der Waals surface area (Å²) in [7, 11) is 1.82. The van der Waals surface area contributed by atoms with Crippen molar-refractivity contribution in [2.45, 2.75) is 51.5 Å². The molecule has 0 atom stereocenters. The number of anilines is 1. The van der Waals surface area contributed by atoms with E-state index in [0.717, 1.165) is 30.8 Å². The van der Waals surface area contributed by atoms with Crippen LogP contribution in [0.25, 0.3) is 0 Å². The van der Waals surface area contributed by atoms with E-state index in [1.165, 1.54) is 19.3 Å². The highest BCUT2D eigenvalue weighted by molar-refractivity contribution is 5.95. The SMILES string of the molecule is CCc1cc(C(=O)NC2CCCCC2)cc(NC)n1. The molecule has 0 aromatic carbocycles. The average molecular weight is 261 g/mol. The predicted octanol–water partition coefficient (Wildman–Crippen LogP) is 2.75. The molecule has 0 unspecified atom stereocenters. The van der Waals surface area contributed by atoms with Gasteiger partial charge in [-0.25, -0.2) is 4.98 Å². The molecule has 4 heteroatoms. The minimum absolute atomic E-state index is 0.0282. The molecule has 0 bridgehead atoms. The maximum atomic E-state index is 12.3. The summed E-state index contributed by atoms with van der Waals surface area (Å²) in [5.41, 5.74) is 1.66. The zero-order chi connectivity index (χ0) is 13.7. The van der Waals surface area contributed by atoms with Crippen molar-refractivity contribution >= 4 is 11.7 Å². The van der Waals surface area contributed by atoms with E-state index in [1.807, 2.05) is 26.1 Å². The van der Waals surface area contributed by atoms with Crippen molar-refractivity contribution < 1.29 is 4.79 Å². The van der Waals surface area contributed by atoms with Gasteiger partial charge in [0, 0.05) is 24.3 Å². The van der Waals surface area contributed by atoms with E-state index in [0.29, 0.717) is 11.6 Å². The first-order valence-corrected chi connectivity index (χ1v) is 7.22. The van der Waals surface area contributed by atoms with Crippen LogP contribution in [-0.2, 0) is 6.42 Å². The molecule has 104 valence electrons. The number of rotatable bonds is 4. The lowest BCUT2D eigenvalue weighted by molar-refractivity contribution is 0.0927. The molecule has 1 aromatic heterocycles. The number of hydrogen-bond donors (Lipinski definition) is 2. The molecule has 2 N–H and O–H groups in total. The first kappa shape index (κ1) is 13.8. The fourth-order valence-electron chi connectivity index (χ4n) is 2.54. The van der Waals surface area contributed by atoms with Crippen LogP contribution in [0.15, 0.2) is 12.1 Å². The normalized spacial score (nSPS) is 16.1. The van der Waals surface area contributed by atoms with Crippen molar-refractivity contribution in [3.05, 3.63) is 23.4 Å². The molecular formula is C15H23N3O. The van der Waals surface area contributed by atoms with E-state index in [-0.39, 0.29) is 5.91 Å². The second kappa shape index (κ2) is 6.55. The standard InChI is InChI=1S/C15H23N3O/c1-3-12-9-11(10-14(16-2)17-12)15(19)18-13-7-5-4-6-8-13/h9-10,13H,3-8H2,1-2H3,(H,16,17)(H,18,19). The van der Waals surface area contributed by atoms with Gasteiger partial charge in [-0.15, -0.1) is 0 Å². The summed E-state index contributed by atoms with van der Waals surface area (Å²) in [5, 5.41) is 6.15. The van der Waals surface area contributed by atoms with Gasteiger partial charge in [-0.05, 0) is 31.4 Å². The molecule has 1 heterocycles. The summed E-state index contributed by atoms with van der Waals surface area (Å²) in [6.07, 6.45) is 6.80. The van der Waals surface area contributed by atoms with Crippen molar-refractivity contribution in [1.82, 2.24) is 10.3 Å². The minimum atomic E-state index is 0.0282. The van der Waals surface area contributed by atoms with Gasteiger partial charge in [-0.1, -0.05) is 26.2 Å².